The van der Waals surface area contributed by atoms with E-state index in [9.17, 15) is 18.0 Å². The van der Waals surface area contributed by atoms with E-state index in [1.54, 1.807) is 25.1 Å². The summed E-state index contributed by atoms with van der Waals surface area (Å²) in [5.74, 6) is 0.0278. The van der Waals surface area contributed by atoms with Crippen molar-refractivity contribution in [3.63, 3.8) is 0 Å². The third-order valence-corrected chi connectivity index (χ3v) is 6.29. The molecule has 1 atom stereocenters. The van der Waals surface area contributed by atoms with Gasteiger partial charge in [0.25, 0.3) is 5.91 Å². The van der Waals surface area contributed by atoms with E-state index < -0.39 is 27.9 Å². The predicted molar refractivity (Wildman–Crippen MR) is 120 cm³/mol. The van der Waals surface area contributed by atoms with Gasteiger partial charge in [-0.3, -0.25) is 10.1 Å². The Hall–Kier alpha value is -2.98. The molecule has 1 aliphatic heterocycles. The molecule has 172 valence electrons. The SMILES string of the molecule is CCOc1cc([C@@H](CS(C)(=O)=O)N2Cc3c(Cl)ccc(NC(=O)O)c3C2=O)ccc1OC. The second-order valence-electron chi connectivity index (χ2n) is 7.26. The van der Waals surface area contributed by atoms with E-state index >= 15 is 0 Å². The van der Waals surface area contributed by atoms with E-state index in [1.165, 1.54) is 24.1 Å². The molecule has 0 saturated carbocycles. The zero-order valence-corrected chi connectivity index (χ0v) is 19.3. The minimum atomic E-state index is -3.51. The van der Waals surface area contributed by atoms with Gasteiger partial charge in [0.1, 0.15) is 9.84 Å². The molecule has 0 aliphatic carbocycles. The first-order valence-electron chi connectivity index (χ1n) is 9.66. The van der Waals surface area contributed by atoms with Gasteiger partial charge in [-0.1, -0.05) is 17.7 Å². The van der Waals surface area contributed by atoms with Gasteiger partial charge in [0.2, 0.25) is 0 Å². The number of carbonyl (C=O) groups excluding carboxylic acids is 1. The normalized spacial score (nSPS) is 14.1. The molecule has 2 N–H and O–H groups in total. The molecular formula is C21H23ClN2O7S. The van der Waals surface area contributed by atoms with E-state index in [1.807, 2.05) is 0 Å². The van der Waals surface area contributed by atoms with E-state index in [0.29, 0.717) is 29.2 Å². The molecule has 2 amide bonds. The fourth-order valence-corrected chi connectivity index (χ4v) is 4.86. The number of rotatable bonds is 8. The zero-order valence-electron chi connectivity index (χ0n) is 17.7. The number of anilines is 1. The standard InChI is InChI=1S/C21H23ClN2O7S/c1-4-31-18-9-12(5-8-17(18)30-2)16(11-32(3,28)29)24-10-13-14(22)6-7-15(23-21(26)27)19(13)20(24)25/h5-9,16,23H,4,10-11H2,1-3H3,(H,26,27)/t16-/m1/s1. The number of carboxylic acid groups (broad SMARTS) is 1. The van der Waals surface area contributed by atoms with Gasteiger partial charge in [-0.15, -0.1) is 0 Å². The summed E-state index contributed by atoms with van der Waals surface area (Å²) in [5.41, 5.74) is 1.16. The summed E-state index contributed by atoms with van der Waals surface area (Å²) in [5, 5.41) is 11.6. The van der Waals surface area contributed by atoms with Crippen molar-refractivity contribution < 1.29 is 32.6 Å². The van der Waals surface area contributed by atoms with E-state index in [4.69, 9.17) is 26.2 Å². The number of methoxy groups -OCH3 is 1. The van der Waals surface area contributed by atoms with Crippen molar-refractivity contribution in [2.24, 2.45) is 0 Å². The van der Waals surface area contributed by atoms with Crippen LogP contribution in [0.15, 0.2) is 30.3 Å². The molecule has 0 aromatic heterocycles. The van der Waals surface area contributed by atoms with Crippen molar-refractivity contribution in [2.45, 2.75) is 19.5 Å². The lowest BCUT2D eigenvalue weighted by Crippen LogP contribution is -2.34. The van der Waals surface area contributed by atoms with Crippen LogP contribution in [-0.2, 0) is 16.4 Å². The Morgan fingerprint density at radius 1 is 1.28 bits per heavy atom. The molecule has 9 nitrogen and oxygen atoms in total. The van der Waals surface area contributed by atoms with Gasteiger partial charge in [-0.25, -0.2) is 13.2 Å². The molecule has 3 rings (SSSR count). The topological polar surface area (TPSA) is 122 Å². The summed E-state index contributed by atoms with van der Waals surface area (Å²) in [4.78, 5) is 25.9. The van der Waals surface area contributed by atoms with Crippen LogP contribution in [0.3, 0.4) is 0 Å². The highest BCUT2D eigenvalue weighted by Crippen LogP contribution is 2.40. The summed E-state index contributed by atoms with van der Waals surface area (Å²) in [6.07, 6.45) is -0.240. The van der Waals surface area contributed by atoms with Crippen molar-refractivity contribution >= 4 is 39.1 Å². The third-order valence-electron chi connectivity index (χ3n) is 5.01. The Morgan fingerprint density at radius 2 is 2.00 bits per heavy atom. The van der Waals surface area contributed by atoms with Gasteiger partial charge >= 0.3 is 6.09 Å². The van der Waals surface area contributed by atoms with Crippen molar-refractivity contribution in [2.75, 3.05) is 31.0 Å². The quantitative estimate of drug-likeness (QED) is 0.589. The van der Waals surface area contributed by atoms with E-state index in [0.717, 1.165) is 6.26 Å². The van der Waals surface area contributed by atoms with Crippen LogP contribution in [0.2, 0.25) is 5.02 Å². The molecule has 0 fully saturated rings. The summed E-state index contributed by atoms with van der Waals surface area (Å²) in [6.45, 7) is 2.20. The van der Waals surface area contributed by atoms with Crippen LogP contribution >= 0.6 is 11.6 Å². The second-order valence-corrected chi connectivity index (χ2v) is 9.86. The predicted octanol–water partition coefficient (Wildman–Crippen LogP) is 3.58. The highest BCUT2D eigenvalue weighted by atomic mass is 35.5. The van der Waals surface area contributed by atoms with Crippen molar-refractivity contribution in [3.05, 3.63) is 52.0 Å². The Balaban J connectivity index is 2.10. The Bertz CT molecular complexity index is 1170. The number of hydrogen-bond acceptors (Lipinski definition) is 6. The monoisotopic (exact) mass is 482 g/mol. The van der Waals surface area contributed by atoms with Gasteiger partial charge in [0.05, 0.1) is 36.8 Å². The maximum atomic E-state index is 13.4. The summed E-state index contributed by atoms with van der Waals surface area (Å²) in [7, 11) is -2.02. The average molecular weight is 483 g/mol. The maximum Gasteiger partial charge on any atom is 0.409 e. The number of benzene rings is 2. The van der Waals surface area contributed by atoms with Gasteiger partial charge < -0.3 is 19.5 Å². The highest BCUT2D eigenvalue weighted by molar-refractivity contribution is 7.90. The first-order chi connectivity index (χ1) is 15.1. The maximum absolute atomic E-state index is 13.4. The van der Waals surface area contributed by atoms with Gasteiger partial charge in [-0.05, 0) is 36.8 Å². The Kier molecular flexibility index (Phi) is 6.85. The first kappa shape index (κ1) is 23.7. The lowest BCUT2D eigenvalue weighted by Gasteiger charge is -2.28. The molecule has 0 bridgehead atoms. The fourth-order valence-electron chi connectivity index (χ4n) is 3.70. The number of fused-ring (bicyclic) bond motifs is 1. The number of sulfone groups is 1. The second kappa shape index (κ2) is 9.25. The highest BCUT2D eigenvalue weighted by Gasteiger charge is 2.38. The molecule has 0 spiro atoms. The number of carbonyl (C=O) groups is 2. The third kappa shape index (κ3) is 4.91. The zero-order chi connectivity index (χ0) is 23.6. The number of nitrogens with one attached hydrogen (secondary N) is 1. The van der Waals surface area contributed by atoms with Crippen molar-refractivity contribution in [3.8, 4) is 11.5 Å². The number of nitrogens with zero attached hydrogens (tertiary/aromatic N) is 1. The van der Waals surface area contributed by atoms with Crippen LogP contribution in [-0.4, -0.2) is 56.1 Å². The molecule has 32 heavy (non-hydrogen) atoms. The first-order valence-corrected chi connectivity index (χ1v) is 12.1. The average Bonchev–Trinajstić information content (AvgIpc) is 3.06. The minimum absolute atomic E-state index is 0.0261. The summed E-state index contributed by atoms with van der Waals surface area (Å²) >= 11 is 6.29. The summed E-state index contributed by atoms with van der Waals surface area (Å²) < 4.78 is 35.4. The van der Waals surface area contributed by atoms with Crippen LogP contribution in [0.4, 0.5) is 10.5 Å². The molecule has 11 heteroatoms. The smallest absolute Gasteiger partial charge is 0.409 e. The Labute approximate surface area is 190 Å². The largest absolute Gasteiger partial charge is 0.493 e. The molecule has 2 aromatic carbocycles. The molecule has 0 radical (unpaired) electrons. The molecule has 0 unspecified atom stereocenters. The van der Waals surface area contributed by atoms with Gasteiger partial charge in [0, 0.05) is 23.4 Å². The van der Waals surface area contributed by atoms with Crippen LogP contribution in [0.25, 0.3) is 0 Å². The number of amides is 2. The van der Waals surface area contributed by atoms with Gasteiger partial charge in [-0.2, -0.15) is 0 Å². The van der Waals surface area contributed by atoms with E-state index in [2.05, 4.69) is 5.32 Å². The van der Waals surface area contributed by atoms with Crippen LogP contribution in [0.5, 0.6) is 11.5 Å². The van der Waals surface area contributed by atoms with Crippen LogP contribution in [0, 0.1) is 0 Å². The molecule has 2 aromatic rings. The molecule has 1 heterocycles. The van der Waals surface area contributed by atoms with Crippen molar-refractivity contribution in [1.29, 1.82) is 0 Å². The number of ether oxygens (including phenoxy) is 2. The molecular weight excluding hydrogens is 460 g/mol. The molecule has 1 aliphatic rings. The number of hydrogen-bond donors (Lipinski definition) is 2. The van der Waals surface area contributed by atoms with Crippen LogP contribution < -0.4 is 14.8 Å². The van der Waals surface area contributed by atoms with Crippen molar-refractivity contribution in [1.82, 2.24) is 4.90 Å². The number of halogens is 1. The lowest BCUT2D eigenvalue weighted by molar-refractivity contribution is 0.0719. The molecule has 0 saturated heterocycles. The lowest BCUT2D eigenvalue weighted by atomic mass is 10.1. The van der Waals surface area contributed by atoms with Gasteiger partial charge in [0.15, 0.2) is 11.5 Å². The van der Waals surface area contributed by atoms with Crippen LogP contribution in [0.1, 0.15) is 34.5 Å². The minimum Gasteiger partial charge on any atom is -0.493 e. The fraction of sp³-hybridized carbons (Fsp3) is 0.333. The summed E-state index contributed by atoms with van der Waals surface area (Å²) in [6, 6.07) is 7.01. The van der Waals surface area contributed by atoms with E-state index in [-0.39, 0.29) is 28.6 Å². The Morgan fingerprint density at radius 3 is 2.59 bits per heavy atom.